The summed E-state index contributed by atoms with van der Waals surface area (Å²) in [5.74, 6) is -4.07. The maximum atomic E-state index is 11.1. The van der Waals surface area contributed by atoms with Crippen LogP contribution in [0.15, 0.2) is 36.4 Å². The van der Waals surface area contributed by atoms with Gasteiger partial charge in [0.2, 0.25) is 0 Å². The summed E-state index contributed by atoms with van der Waals surface area (Å²) in [4.78, 5) is 34.5. The van der Waals surface area contributed by atoms with E-state index in [4.69, 9.17) is 15.3 Å². The van der Waals surface area contributed by atoms with Crippen LogP contribution >= 0.6 is 0 Å². The lowest BCUT2D eigenvalue weighted by Gasteiger charge is -2.22. The van der Waals surface area contributed by atoms with Crippen LogP contribution in [0.1, 0.15) is 31.8 Å². The average molecular weight is 375 g/mol. The van der Waals surface area contributed by atoms with Gasteiger partial charge in [-0.05, 0) is 30.3 Å². The van der Waals surface area contributed by atoms with E-state index >= 15 is 0 Å². The summed E-state index contributed by atoms with van der Waals surface area (Å²) in [5.41, 5.74) is 0.312. The van der Waals surface area contributed by atoms with Gasteiger partial charge >= 0.3 is 17.9 Å². The monoisotopic (exact) mass is 375 g/mol. The molecule has 0 unspecified atom stereocenters. The molecular weight excluding hydrogens is 358 g/mol. The Kier molecular flexibility index (Phi) is 5.99. The molecule has 0 spiro atoms. The molecule has 0 amide bonds. The molecule has 0 atom stereocenters. The van der Waals surface area contributed by atoms with E-state index in [9.17, 15) is 24.6 Å². The van der Waals surface area contributed by atoms with Gasteiger partial charge in [-0.2, -0.15) is 0 Å². The number of phenolic OH excluding ortho intramolecular Hbond substituents is 2. The van der Waals surface area contributed by atoms with Crippen molar-refractivity contribution in [2.24, 2.45) is 0 Å². The molecule has 9 heteroatoms. The van der Waals surface area contributed by atoms with E-state index in [-0.39, 0.29) is 46.8 Å². The van der Waals surface area contributed by atoms with Crippen molar-refractivity contribution in [2.45, 2.75) is 13.1 Å². The molecule has 2 aromatic carbocycles. The highest BCUT2D eigenvalue weighted by molar-refractivity contribution is 5.88. The fourth-order valence-corrected chi connectivity index (χ4v) is 2.52. The summed E-state index contributed by atoms with van der Waals surface area (Å²) < 4.78 is 0. The smallest absolute Gasteiger partial charge is 0.335 e. The normalized spacial score (nSPS) is 10.7. The summed E-state index contributed by atoms with van der Waals surface area (Å²) in [7, 11) is 0. The van der Waals surface area contributed by atoms with Crippen molar-refractivity contribution in [3.05, 3.63) is 58.7 Å². The molecule has 0 saturated carbocycles. The van der Waals surface area contributed by atoms with Crippen molar-refractivity contribution in [2.75, 3.05) is 6.54 Å². The highest BCUT2D eigenvalue weighted by atomic mass is 16.4. The predicted molar refractivity (Wildman–Crippen MR) is 91.9 cm³/mol. The topological polar surface area (TPSA) is 156 Å². The van der Waals surface area contributed by atoms with Gasteiger partial charge in [0.15, 0.2) is 0 Å². The number of hydrogen-bond acceptors (Lipinski definition) is 6. The first-order valence-corrected chi connectivity index (χ1v) is 7.72. The highest BCUT2D eigenvalue weighted by Gasteiger charge is 2.17. The van der Waals surface area contributed by atoms with E-state index in [2.05, 4.69) is 0 Å². The molecule has 27 heavy (non-hydrogen) atoms. The van der Waals surface area contributed by atoms with E-state index in [1.54, 1.807) is 0 Å². The van der Waals surface area contributed by atoms with Gasteiger partial charge in [0.1, 0.15) is 11.5 Å². The number of carboxylic acids is 3. The van der Waals surface area contributed by atoms with Crippen LogP contribution in [-0.2, 0) is 17.9 Å². The van der Waals surface area contributed by atoms with Crippen LogP contribution in [0.3, 0.4) is 0 Å². The molecule has 0 bridgehead atoms. The fourth-order valence-electron chi connectivity index (χ4n) is 2.52. The van der Waals surface area contributed by atoms with E-state index in [0.717, 1.165) is 6.07 Å². The third-order valence-electron chi connectivity index (χ3n) is 3.81. The number of aromatic carboxylic acids is 2. The largest absolute Gasteiger partial charge is 0.508 e. The van der Waals surface area contributed by atoms with Crippen LogP contribution in [0.2, 0.25) is 0 Å². The molecule has 0 saturated heterocycles. The Bertz CT molecular complexity index is 893. The molecule has 0 aliphatic rings. The number of nitrogens with zero attached hydrogens (tertiary/aromatic N) is 1. The number of aliphatic carboxylic acids is 1. The zero-order valence-electron chi connectivity index (χ0n) is 14.0. The second kappa shape index (κ2) is 8.19. The molecule has 0 aliphatic carbocycles. The van der Waals surface area contributed by atoms with Gasteiger partial charge in [0.25, 0.3) is 0 Å². The first-order chi connectivity index (χ1) is 12.7. The Labute approximate surface area is 153 Å². The van der Waals surface area contributed by atoms with Crippen molar-refractivity contribution in [3.8, 4) is 11.5 Å². The van der Waals surface area contributed by atoms with Gasteiger partial charge in [0, 0.05) is 24.2 Å². The predicted octanol–water partition coefficient (Wildman–Crippen LogP) is 1.58. The molecule has 0 fully saturated rings. The first kappa shape index (κ1) is 19.7. The van der Waals surface area contributed by atoms with Gasteiger partial charge in [-0.3, -0.25) is 9.69 Å². The van der Waals surface area contributed by atoms with Crippen molar-refractivity contribution in [1.82, 2.24) is 4.90 Å². The maximum absolute atomic E-state index is 11.1. The lowest BCUT2D eigenvalue weighted by molar-refractivity contribution is -0.138. The molecule has 0 radical (unpaired) electrons. The lowest BCUT2D eigenvalue weighted by atomic mass is 10.1. The average Bonchev–Trinajstić information content (AvgIpc) is 2.57. The molecule has 0 aromatic heterocycles. The molecule has 9 nitrogen and oxygen atoms in total. The molecule has 5 N–H and O–H groups in total. The zero-order valence-corrected chi connectivity index (χ0v) is 14.0. The Morgan fingerprint density at radius 2 is 1.30 bits per heavy atom. The zero-order chi connectivity index (χ0) is 20.1. The van der Waals surface area contributed by atoms with Gasteiger partial charge in [-0.1, -0.05) is 6.07 Å². The van der Waals surface area contributed by atoms with E-state index < -0.39 is 24.5 Å². The molecule has 0 aliphatic heterocycles. The number of benzene rings is 2. The lowest BCUT2D eigenvalue weighted by Crippen LogP contribution is -2.29. The number of phenols is 2. The number of rotatable bonds is 8. The first-order valence-electron chi connectivity index (χ1n) is 7.72. The summed E-state index contributed by atoms with van der Waals surface area (Å²) in [5, 5.41) is 47.0. The Balaban J connectivity index is 2.29. The Morgan fingerprint density at radius 1 is 0.741 bits per heavy atom. The standard InChI is InChI=1S/C18H17NO8/c20-14-4-3-10(17(24)25)5-13(14)8-19(9-16(22)23)7-12-2-1-11(18(26)27)6-15(12)21/h1-6,20-21H,7-9H2,(H,22,23)(H,24,25)(H,26,27). The van der Waals surface area contributed by atoms with Crippen molar-refractivity contribution in [1.29, 1.82) is 0 Å². The molecule has 0 heterocycles. The molecule has 2 aromatic rings. The third kappa shape index (κ3) is 5.19. The third-order valence-corrected chi connectivity index (χ3v) is 3.81. The van der Waals surface area contributed by atoms with Crippen LogP contribution in [-0.4, -0.2) is 54.9 Å². The van der Waals surface area contributed by atoms with Crippen LogP contribution in [0.25, 0.3) is 0 Å². The van der Waals surface area contributed by atoms with E-state index in [1.807, 2.05) is 0 Å². The molecule has 2 rings (SSSR count). The number of carbonyl (C=O) groups is 3. The SMILES string of the molecule is O=C(O)CN(Cc1ccc(C(=O)O)cc1O)Cc1cc(C(=O)O)ccc1O. The summed E-state index contributed by atoms with van der Waals surface area (Å²) >= 11 is 0. The summed E-state index contributed by atoms with van der Waals surface area (Å²) in [6, 6.07) is 7.36. The Hall–Kier alpha value is -3.59. The van der Waals surface area contributed by atoms with Gasteiger partial charge in [-0.15, -0.1) is 0 Å². The minimum atomic E-state index is -1.21. The Morgan fingerprint density at radius 3 is 1.85 bits per heavy atom. The summed E-state index contributed by atoms with van der Waals surface area (Å²) in [6.07, 6.45) is 0. The molecule has 142 valence electrons. The minimum absolute atomic E-state index is 0.0607. The molecular formula is C18H17NO8. The van der Waals surface area contributed by atoms with Crippen LogP contribution < -0.4 is 0 Å². The van der Waals surface area contributed by atoms with Crippen molar-refractivity contribution >= 4 is 17.9 Å². The number of carboxylic acid groups (broad SMARTS) is 3. The van der Waals surface area contributed by atoms with Crippen molar-refractivity contribution < 1.29 is 39.9 Å². The quantitative estimate of drug-likeness (QED) is 0.462. The van der Waals surface area contributed by atoms with Gasteiger partial charge in [-0.25, -0.2) is 9.59 Å². The van der Waals surface area contributed by atoms with Crippen LogP contribution in [0.4, 0.5) is 0 Å². The summed E-state index contributed by atoms with van der Waals surface area (Å²) in [6.45, 7) is -0.606. The second-order valence-electron chi connectivity index (χ2n) is 5.84. The van der Waals surface area contributed by atoms with Crippen LogP contribution in [0.5, 0.6) is 11.5 Å². The van der Waals surface area contributed by atoms with Crippen LogP contribution in [0, 0.1) is 0 Å². The fraction of sp³-hybridized carbons (Fsp3) is 0.167. The number of aromatic hydroxyl groups is 2. The second-order valence-corrected chi connectivity index (χ2v) is 5.84. The van der Waals surface area contributed by atoms with E-state index in [1.165, 1.54) is 35.2 Å². The minimum Gasteiger partial charge on any atom is -0.508 e. The van der Waals surface area contributed by atoms with Gasteiger partial charge < -0.3 is 25.5 Å². The van der Waals surface area contributed by atoms with Gasteiger partial charge in [0.05, 0.1) is 17.7 Å². The maximum Gasteiger partial charge on any atom is 0.335 e. The number of hydrogen-bond donors (Lipinski definition) is 5. The highest BCUT2D eigenvalue weighted by Crippen LogP contribution is 2.24. The van der Waals surface area contributed by atoms with Crippen molar-refractivity contribution in [3.63, 3.8) is 0 Å². The van der Waals surface area contributed by atoms with E-state index in [0.29, 0.717) is 0 Å².